The molecule has 2 fully saturated rings. The topological polar surface area (TPSA) is 63.1 Å². The summed E-state index contributed by atoms with van der Waals surface area (Å²) in [7, 11) is 0. The lowest BCUT2D eigenvalue weighted by Gasteiger charge is -2.38. The Morgan fingerprint density at radius 2 is 1.76 bits per heavy atom. The van der Waals surface area contributed by atoms with E-state index >= 15 is 0 Å². The Kier molecular flexibility index (Phi) is 7.28. The van der Waals surface area contributed by atoms with Gasteiger partial charge in [0.2, 0.25) is 5.92 Å². The predicted octanol–water partition coefficient (Wildman–Crippen LogP) is 6.18. The largest absolute Gasteiger partial charge is 0.416 e. The minimum absolute atomic E-state index is 0.0412. The molecule has 6 rings (SSSR count). The lowest BCUT2D eigenvalue weighted by Crippen LogP contribution is -2.55. The highest BCUT2D eigenvalue weighted by atomic mass is 32.2. The molecule has 2 aliphatic heterocycles. The van der Waals surface area contributed by atoms with Crippen LogP contribution in [-0.4, -0.2) is 51.4 Å². The van der Waals surface area contributed by atoms with Crippen LogP contribution in [0.1, 0.15) is 68.2 Å². The number of aromatic nitrogens is 3. The van der Waals surface area contributed by atoms with E-state index in [0.717, 1.165) is 11.8 Å². The SMILES string of the molecule is C[C@@H]1CN(c2nc(=O)n3c4c(c(C5CCC(F)(F)CC5)c(C(F)(F)F)cc24)SCC(c2ccccn2)C3)C[C@H](C)N1. The van der Waals surface area contributed by atoms with Crippen molar-refractivity contribution >= 4 is 28.5 Å². The summed E-state index contributed by atoms with van der Waals surface area (Å²) in [6.07, 6.45) is -4.08. The molecule has 1 N–H and O–H groups in total. The molecule has 1 aromatic carbocycles. The van der Waals surface area contributed by atoms with E-state index in [1.165, 1.54) is 16.3 Å². The number of hydrogen-bond acceptors (Lipinski definition) is 6. The molecule has 1 saturated carbocycles. The van der Waals surface area contributed by atoms with Crippen molar-refractivity contribution in [3.05, 3.63) is 57.8 Å². The van der Waals surface area contributed by atoms with Crippen molar-refractivity contribution in [1.82, 2.24) is 19.9 Å². The molecule has 41 heavy (non-hydrogen) atoms. The fraction of sp³-hybridized carbons (Fsp3) is 0.552. The highest BCUT2D eigenvalue weighted by Crippen LogP contribution is 2.51. The molecule has 12 heteroatoms. The van der Waals surface area contributed by atoms with Gasteiger partial charge >= 0.3 is 11.9 Å². The number of benzene rings is 1. The maximum absolute atomic E-state index is 14.9. The zero-order valence-electron chi connectivity index (χ0n) is 22.8. The number of thioether (sulfide) groups is 1. The summed E-state index contributed by atoms with van der Waals surface area (Å²) in [5.41, 5.74) is -0.154. The van der Waals surface area contributed by atoms with E-state index in [-0.39, 0.29) is 54.2 Å². The second-order valence-corrected chi connectivity index (χ2v) is 12.7. The second kappa shape index (κ2) is 10.5. The van der Waals surface area contributed by atoms with Gasteiger partial charge in [-0.15, -0.1) is 11.8 Å². The van der Waals surface area contributed by atoms with E-state index in [9.17, 15) is 26.7 Å². The van der Waals surface area contributed by atoms with Gasteiger partial charge in [0.25, 0.3) is 0 Å². The Hall–Kier alpha value is -2.73. The molecule has 2 aromatic heterocycles. The third-order valence-corrected chi connectivity index (χ3v) is 9.73. The van der Waals surface area contributed by atoms with Crippen LogP contribution in [0.2, 0.25) is 0 Å². The summed E-state index contributed by atoms with van der Waals surface area (Å²) in [6, 6.07) is 6.68. The molecule has 220 valence electrons. The van der Waals surface area contributed by atoms with Crippen LogP contribution in [0.25, 0.3) is 10.9 Å². The predicted molar refractivity (Wildman–Crippen MR) is 149 cm³/mol. The summed E-state index contributed by atoms with van der Waals surface area (Å²) in [5.74, 6) is -3.19. The zero-order chi connectivity index (χ0) is 29.1. The summed E-state index contributed by atoms with van der Waals surface area (Å²) < 4.78 is 74.3. The maximum atomic E-state index is 14.9. The molecule has 0 radical (unpaired) electrons. The van der Waals surface area contributed by atoms with Crippen LogP contribution in [-0.2, 0) is 12.7 Å². The highest BCUT2D eigenvalue weighted by molar-refractivity contribution is 7.99. The third kappa shape index (κ3) is 5.45. The Labute approximate surface area is 238 Å². The van der Waals surface area contributed by atoms with Gasteiger partial charge in [-0.05, 0) is 56.4 Å². The molecule has 1 unspecified atom stereocenters. The molecular weight excluding hydrogens is 561 g/mol. The standard InChI is InChI=1S/C29H32F5N5OS/c1-16-12-38(13-17(2)36-16)26-20-11-21(29(32,33)34)23(18-6-8-28(30,31)9-7-18)25-24(20)39(27(40)37-26)14-19(15-41-25)22-5-3-4-10-35-22/h3-5,10-11,16-19,36H,6-9,12-15H2,1-2H3/t16-,17+,19?. The van der Waals surface area contributed by atoms with Gasteiger partial charge in [-0.1, -0.05) is 6.07 Å². The van der Waals surface area contributed by atoms with Crippen molar-refractivity contribution in [2.45, 2.75) is 87.0 Å². The maximum Gasteiger partial charge on any atom is 0.416 e. The minimum Gasteiger partial charge on any atom is -0.353 e. The summed E-state index contributed by atoms with van der Waals surface area (Å²) in [5, 5.41) is 3.68. The summed E-state index contributed by atoms with van der Waals surface area (Å²) >= 11 is 1.27. The Balaban J connectivity index is 1.61. The molecule has 3 atom stereocenters. The molecule has 0 spiro atoms. The molecule has 3 aromatic rings. The van der Waals surface area contributed by atoms with Gasteiger partial charge < -0.3 is 10.2 Å². The fourth-order valence-electron chi connectivity index (χ4n) is 6.69. The molecule has 1 aliphatic carbocycles. The Bertz CT molecular complexity index is 1490. The fourth-order valence-corrected chi connectivity index (χ4v) is 8.12. The quantitative estimate of drug-likeness (QED) is 0.366. The first-order valence-corrected chi connectivity index (χ1v) is 15.0. The summed E-state index contributed by atoms with van der Waals surface area (Å²) in [6.45, 7) is 5.14. The van der Waals surface area contributed by atoms with E-state index in [1.54, 1.807) is 12.3 Å². The summed E-state index contributed by atoms with van der Waals surface area (Å²) in [4.78, 5) is 24.8. The first kappa shape index (κ1) is 28.4. The van der Waals surface area contributed by atoms with Crippen molar-refractivity contribution in [3.8, 4) is 0 Å². The van der Waals surface area contributed by atoms with Gasteiger partial charge in [0, 0.05) is 78.4 Å². The number of anilines is 1. The minimum atomic E-state index is -4.71. The van der Waals surface area contributed by atoms with Gasteiger partial charge in [-0.3, -0.25) is 9.55 Å². The van der Waals surface area contributed by atoms with Crippen LogP contribution in [0.3, 0.4) is 0 Å². The number of alkyl halides is 5. The van der Waals surface area contributed by atoms with E-state index in [0.29, 0.717) is 29.3 Å². The molecule has 4 heterocycles. The number of nitrogens with one attached hydrogen (secondary N) is 1. The zero-order valence-corrected chi connectivity index (χ0v) is 23.7. The third-order valence-electron chi connectivity index (χ3n) is 8.46. The van der Waals surface area contributed by atoms with Gasteiger partial charge in [0.1, 0.15) is 5.82 Å². The van der Waals surface area contributed by atoms with Crippen LogP contribution < -0.4 is 15.9 Å². The van der Waals surface area contributed by atoms with Gasteiger partial charge in [0.05, 0.1) is 11.1 Å². The number of piperazine rings is 1. The molecule has 0 amide bonds. The number of pyridine rings is 1. The first-order chi connectivity index (χ1) is 19.4. The number of rotatable bonds is 3. The second-order valence-electron chi connectivity index (χ2n) is 11.7. The molecule has 0 bridgehead atoms. The van der Waals surface area contributed by atoms with Crippen LogP contribution in [0.4, 0.5) is 27.8 Å². The normalized spacial score (nSPS) is 25.3. The van der Waals surface area contributed by atoms with Crippen molar-refractivity contribution in [2.75, 3.05) is 23.7 Å². The highest BCUT2D eigenvalue weighted by Gasteiger charge is 2.43. The first-order valence-electron chi connectivity index (χ1n) is 14.0. The Morgan fingerprint density at radius 3 is 2.39 bits per heavy atom. The molecule has 6 nitrogen and oxygen atoms in total. The van der Waals surface area contributed by atoms with Crippen molar-refractivity contribution < 1.29 is 22.0 Å². The van der Waals surface area contributed by atoms with Gasteiger partial charge in [-0.25, -0.2) is 13.6 Å². The Morgan fingerprint density at radius 1 is 1.05 bits per heavy atom. The smallest absolute Gasteiger partial charge is 0.353 e. The average molecular weight is 594 g/mol. The van der Waals surface area contributed by atoms with E-state index < -0.39 is 42.1 Å². The van der Waals surface area contributed by atoms with Crippen molar-refractivity contribution in [3.63, 3.8) is 0 Å². The molecular formula is C29H32F5N5OS. The lowest BCUT2D eigenvalue weighted by atomic mass is 9.80. The number of halogens is 5. The van der Waals surface area contributed by atoms with Gasteiger partial charge in [-0.2, -0.15) is 18.2 Å². The monoisotopic (exact) mass is 593 g/mol. The van der Waals surface area contributed by atoms with Crippen LogP contribution in [0.5, 0.6) is 0 Å². The average Bonchev–Trinajstić information content (AvgIpc) is 3.11. The van der Waals surface area contributed by atoms with Crippen molar-refractivity contribution in [2.24, 2.45) is 0 Å². The van der Waals surface area contributed by atoms with Gasteiger partial charge in [0.15, 0.2) is 0 Å². The number of nitrogens with zero attached hydrogens (tertiary/aromatic N) is 4. The molecule has 3 aliphatic rings. The number of hydrogen-bond donors (Lipinski definition) is 1. The van der Waals surface area contributed by atoms with Crippen LogP contribution in [0, 0.1) is 0 Å². The van der Waals surface area contributed by atoms with Crippen LogP contribution in [0.15, 0.2) is 40.2 Å². The lowest BCUT2D eigenvalue weighted by molar-refractivity contribution is -0.138. The van der Waals surface area contributed by atoms with Crippen LogP contribution >= 0.6 is 11.8 Å². The van der Waals surface area contributed by atoms with Crippen molar-refractivity contribution in [1.29, 1.82) is 0 Å². The van der Waals surface area contributed by atoms with E-state index in [1.807, 2.05) is 30.9 Å². The van der Waals surface area contributed by atoms with E-state index in [4.69, 9.17) is 0 Å². The van der Waals surface area contributed by atoms with E-state index in [2.05, 4.69) is 15.3 Å². The molecule has 1 saturated heterocycles.